The highest BCUT2D eigenvalue weighted by Crippen LogP contribution is 2.21. The van der Waals surface area contributed by atoms with E-state index >= 15 is 0 Å². The SMILES string of the molecule is CN1CCC(CCN2CC(O)CC2=O)CC1. The van der Waals surface area contributed by atoms with Crippen LogP contribution in [0.4, 0.5) is 0 Å². The molecule has 0 radical (unpaired) electrons. The van der Waals surface area contributed by atoms with Crippen LogP contribution in [0, 0.1) is 5.92 Å². The average Bonchev–Trinajstić information content (AvgIpc) is 2.57. The van der Waals surface area contributed by atoms with Crippen molar-refractivity contribution in [3.63, 3.8) is 0 Å². The lowest BCUT2D eigenvalue weighted by molar-refractivity contribution is -0.127. The van der Waals surface area contributed by atoms with Gasteiger partial charge in [0.1, 0.15) is 0 Å². The van der Waals surface area contributed by atoms with Crippen molar-refractivity contribution < 1.29 is 9.90 Å². The quantitative estimate of drug-likeness (QED) is 0.753. The second-order valence-corrected chi connectivity index (χ2v) is 5.23. The van der Waals surface area contributed by atoms with Crippen LogP contribution in [0.25, 0.3) is 0 Å². The lowest BCUT2D eigenvalue weighted by atomic mass is 9.94. The van der Waals surface area contributed by atoms with Crippen molar-refractivity contribution >= 4 is 5.91 Å². The van der Waals surface area contributed by atoms with Crippen molar-refractivity contribution in [2.24, 2.45) is 5.92 Å². The molecular weight excluding hydrogens is 204 g/mol. The molecule has 0 aromatic carbocycles. The van der Waals surface area contributed by atoms with Crippen molar-refractivity contribution in [3.05, 3.63) is 0 Å². The molecule has 1 amide bonds. The fourth-order valence-corrected chi connectivity index (χ4v) is 2.66. The second kappa shape index (κ2) is 5.15. The minimum absolute atomic E-state index is 0.125. The maximum atomic E-state index is 11.5. The first-order valence-electron chi connectivity index (χ1n) is 6.29. The molecule has 1 atom stereocenters. The molecule has 2 saturated heterocycles. The standard InChI is InChI=1S/C12H22N2O2/c1-13-5-2-10(3-6-13)4-7-14-9-11(15)8-12(14)16/h10-11,15H,2-9H2,1H3. The molecule has 4 heteroatoms. The third-order valence-electron chi connectivity index (χ3n) is 3.84. The summed E-state index contributed by atoms with van der Waals surface area (Å²) >= 11 is 0. The van der Waals surface area contributed by atoms with E-state index in [1.807, 2.05) is 4.90 Å². The van der Waals surface area contributed by atoms with Gasteiger partial charge in [0.05, 0.1) is 12.5 Å². The molecule has 2 aliphatic heterocycles. The Hall–Kier alpha value is -0.610. The monoisotopic (exact) mass is 226 g/mol. The minimum Gasteiger partial charge on any atom is -0.391 e. The average molecular weight is 226 g/mol. The summed E-state index contributed by atoms with van der Waals surface area (Å²) in [6.07, 6.45) is 3.51. The van der Waals surface area contributed by atoms with E-state index in [0.717, 1.165) is 18.9 Å². The summed E-state index contributed by atoms with van der Waals surface area (Å²) in [6, 6.07) is 0. The van der Waals surface area contributed by atoms with Gasteiger partial charge in [-0.05, 0) is 45.3 Å². The third kappa shape index (κ3) is 2.95. The van der Waals surface area contributed by atoms with Gasteiger partial charge in [-0.3, -0.25) is 4.79 Å². The Morgan fingerprint density at radius 3 is 2.62 bits per heavy atom. The van der Waals surface area contributed by atoms with E-state index in [-0.39, 0.29) is 5.91 Å². The summed E-state index contributed by atoms with van der Waals surface area (Å²) in [5, 5.41) is 9.37. The van der Waals surface area contributed by atoms with Gasteiger partial charge in [0.25, 0.3) is 0 Å². The Kier molecular flexibility index (Phi) is 3.82. The van der Waals surface area contributed by atoms with Crippen LogP contribution in [0.1, 0.15) is 25.7 Å². The predicted molar refractivity (Wildman–Crippen MR) is 62.0 cm³/mol. The van der Waals surface area contributed by atoms with Gasteiger partial charge >= 0.3 is 0 Å². The second-order valence-electron chi connectivity index (χ2n) is 5.23. The molecule has 2 rings (SSSR count). The van der Waals surface area contributed by atoms with Crippen LogP contribution in [0.5, 0.6) is 0 Å². The van der Waals surface area contributed by atoms with E-state index in [2.05, 4.69) is 11.9 Å². The highest BCUT2D eigenvalue weighted by molar-refractivity contribution is 5.78. The molecular formula is C12H22N2O2. The van der Waals surface area contributed by atoms with Gasteiger partial charge in [-0.25, -0.2) is 0 Å². The molecule has 4 nitrogen and oxygen atoms in total. The van der Waals surface area contributed by atoms with Crippen molar-refractivity contribution in [1.29, 1.82) is 0 Å². The number of amides is 1. The van der Waals surface area contributed by atoms with E-state index in [0.29, 0.717) is 13.0 Å². The molecule has 16 heavy (non-hydrogen) atoms. The van der Waals surface area contributed by atoms with E-state index in [9.17, 15) is 9.90 Å². The zero-order valence-corrected chi connectivity index (χ0v) is 10.1. The number of likely N-dealkylation sites (tertiary alicyclic amines) is 2. The zero-order valence-electron chi connectivity index (χ0n) is 10.1. The summed E-state index contributed by atoms with van der Waals surface area (Å²) < 4.78 is 0. The number of carbonyl (C=O) groups is 1. The molecule has 2 heterocycles. The van der Waals surface area contributed by atoms with Gasteiger partial charge in [-0.2, -0.15) is 0 Å². The Balaban J connectivity index is 1.69. The topological polar surface area (TPSA) is 43.8 Å². The smallest absolute Gasteiger partial charge is 0.225 e. The third-order valence-corrected chi connectivity index (χ3v) is 3.84. The molecule has 0 aliphatic carbocycles. The van der Waals surface area contributed by atoms with Crippen LogP contribution in [-0.4, -0.2) is 60.1 Å². The van der Waals surface area contributed by atoms with Gasteiger partial charge < -0.3 is 14.9 Å². The Labute approximate surface area is 97.2 Å². The number of β-amino-alcohol motifs (C(OH)–C–C–N with tert-alkyl or cyclic N) is 1. The molecule has 1 unspecified atom stereocenters. The number of nitrogens with zero attached hydrogens (tertiary/aromatic N) is 2. The predicted octanol–water partition coefficient (Wildman–Crippen LogP) is 0.311. The molecule has 2 fully saturated rings. The fraction of sp³-hybridized carbons (Fsp3) is 0.917. The molecule has 0 saturated carbocycles. The van der Waals surface area contributed by atoms with Crippen LogP contribution in [-0.2, 0) is 4.79 Å². The number of piperidine rings is 1. The molecule has 1 N–H and O–H groups in total. The van der Waals surface area contributed by atoms with Crippen molar-refractivity contribution in [2.45, 2.75) is 31.8 Å². The lowest BCUT2D eigenvalue weighted by Crippen LogP contribution is -2.33. The maximum Gasteiger partial charge on any atom is 0.225 e. The van der Waals surface area contributed by atoms with E-state index in [1.54, 1.807) is 0 Å². The zero-order chi connectivity index (χ0) is 11.5. The van der Waals surface area contributed by atoms with Crippen LogP contribution in [0.3, 0.4) is 0 Å². The van der Waals surface area contributed by atoms with Crippen molar-refractivity contribution in [3.8, 4) is 0 Å². The number of hydrogen-bond acceptors (Lipinski definition) is 3. The van der Waals surface area contributed by atoms with Crippen LogP contribution >= 0.6 is 0 Å². The first-order chi connectivity index (χ1) is 7.65. The fourth-order valence-electron chi connectivity index (χ4n) is 2.66. The molecule has 92 valence electrons. The van der Waals surface area contributed by atoms with Gasteiger partial charge in [-0.15, -0.1) is 0 Å². The van der Waals surface area contributed by atoms with Crippen LogP contribution in [0.2, 0.25) is 0 Å². The van der Waals surface area contributed by atoms with E-state index in [4.69, 9.17) is 0 Å². The Bertz CT molecular complexity index is 249. The number of hydrogen-bond donors (Lipinski definition) is 1. The maximum absolute atomic E-state index is 11.5. The number of carbonyl (C=O) groups excluding carboxylic acids is 1. The highest BCUT2D eigenvalue weighted by atomic mass is 16.3. The minimum atomic E-state index is -0.426. The summed E-state index contributed by atoms with van der Waals surface area (Å²) in [5.41, 5.74) is 0. The summed E-state index contributed by atoms with van der Waals surface area (Å²) in [4.78, 5) is 15.7. The molecule has 2 aliphatic rings. The molecule has 0 aromatic heterocycles. The van der Waals surface area contributed by atoms with Gasteiger partial charge in [-0.1, -0.05) is 0 Å². The molecule has 0 spiro atoms. The Morgan fingerprint density at radius 2 is 2.06 bits per heavy atom. The first-order valence-corrected chi connectivity index (χ1v) is 6.29. The highest BCUT2D eigenvalue weighted by Gasteiger charge is 2.28. The Morgan fingerprint density at radius 1 is 1.38 bits per heavy atom. The van der Waals surface area contributed by atoms with Crippen molar-refractivity contribution in [2.75, 3.05) is 33.2 Å². The van der Waals surface area contributed by atoms with Gasteiger partial charge in [0.2, 0.25) is 5.91 Å². The summed E-state index contributed by atoms with van der Waals surface area (Å²) in [7, 11) is 2.16. The first kappa shape index (κ1) is 11.9. The molecule has 0 bridgehead atoms. The van der Waals surface area contributed by atoms with Gasteiger partial charge in [0, 0.05) is 13.1 Å². The number of rotatable bonds is 3. The van der Waals surface area contributed by atoms with E-state index in [1.165, 1.54) is 25.9 Å². The molecule has 0 aromatic rings. The van der Waals surface area contributed by atoms with Crippen LogP contribution < -0.4 is 0 Å². The van der Waals surface area contributed by atoms with Gasteiger partial charge in [0.15, 0.2) is 0 Å². The number of aliphatic hydroxyl groups is 1. The largest absolute Gasteiger partial charge is 0.391 e. The van der Waals surface area contributed by atoms with E-state index < -0.39 is 6.10 Å². The lowest BCUT2D eigenvalue weighted by Gasteiger charge is -2.30. The van der Waals surface area contributed by atoms with Crippen LogP contribution in [0.15, 0.2) is 0 Å². The summed E-state index contributed by atoms with van der Waals surface area (Å²) in [6.45, 7) is 3.75. The van der Waals surface area contributed by atoms with Crippen molar-refractivity contribution in [1.82, 2.24) is 9.80 Å². The normalized spacial score (nSPS) is 29.0. The number of aliphatic hydroxyl groups excluding tert-OH is 1. The summed E-state index contributed by atoms with van der Waals surface area (Å²) in [5.74, 6) is 0.891.